The first-order chi connectivity index (χ1) is 7.75. The van der Waals surface area contributed by atoms with E-state index in [9.17, 15) is 0 Å². The van der Waals surface area contributed by atoms with Crippen molar-refractivity contribution in [1.82, 2.24) is 4.90 Å². The third-order valence-electron chi connectivity index (χ3n) is 3.98. The Morgan fingerprint density at radius 2 is 2.25 bits per heavy atom. The van der Waals surface area contributed by atoms with Crippen LogP contribution in [0.3, 0.4) is 0 Å². The first-order valence-corrected chi connectivity index (χ1v) is 7.17. The molecular weight excluding hydrogens is 222 g/mol. The zero-order valence-corrected chi connectivity index (χ0v) is 11.1. The average Bonchev–Trinajstić information content (AvgIpc) is 2.76. The lowest BCUT2D eigenvalue weighted by Gasteiger charge is -2.34. The number of alkyl halides is 1. The average molecular weight is 246 g/mol. The Kier molecular flexibility index (Phi) is 4.93. The van der Waals surface area contributed by atoms with E-state index in [0.717, 1.165) is 13.2 Å². The maximum absolute atomic E-state index is 6.30. The molecule has 2 fully saturated rings. The van der Waals surface area contributed by atoms with Gasteiger partial charge in [-0.1, -0.05) is 6.92 Å². The smallest absolute Gasteiger partial charge is 0.0576 e. The Morgan fingerprint density at radius 3 is 2.94 bits per heavy atom. The third kappa shape index (κ3) is 3.61. The molecule has 2 nitrogen and oxygen atoms in total. The van der Waals surface area contributed by atoms with Gasteiger partial charge in [-0.05, 0) is 51.1 Å². The van der Waals surface area contributed by atoms with Gasteiger partial charge >= 0.3 is 0 Å². The summed E-state index contributed by atoms with van der Waals surface area (Å²) in [6, 6.07) is 0. The minimum atomic E-state index is 0.358. The zero-order valence-electron chi connectivity index (χ0n) is 10.3. The molecule has 2 aliphatic rings. The van der Waals surface area contributed by atoms with Gasteiger partial charge in [-0.15, -0.1) is 11.6 Å². The number of likely N-dealkylation sites (tertiary alicyclic amines) is 1. The fourth-order valence-electron chi connectivity index (χ4n) is 2.70. The van der Waals surface area contributed by atoms with Gasteiger partial charge in [0.15, 0.2) is 0 Å². The Bertz CT molecular complexity index is 206. The molecule has 2 rings (SSSR count). The van der Waals surface area contributed by atoms with Crippen LogP contribution < -0.4 is 0 Å². The van der Waals surface area contributed by atoms with Crippen LogP contribution in [0.5, 0.6) is 0 Å². The Hall–Kier alpha value is 0.210. The summed E-state index contributed by atoms with van der Waals surface area (Å²) in [4.78, 5) is 2.52. The van der Waals surface area contributed by atoms with Crippen molar-refractivity contribution < 1.29 is 4.74 Å². The Balaban J connectivity index is 1.59. The van der Waals surface area contributed by atoms with Crippen LogP contribution in [0.15, 0.2) is 0 Å². The molecule has 0 saturated carbocycles. The predicted molar refractivity (Wildman–Crippen MR) is 68.1 cm³/mol. The molecule has 16 heavy (non-hydrogen) atoms. The highest BCUT2D eigenvalue weighted by Gasteiger charge is 2.24. The first-order valence-electron chi connectivity index (χ1n) is 6.73. The molecule has 94 valence electrons. The highest BCUT2D eigenvalue weighted by molar-refractivity contribution is 6.21. The molecule has 2 aliphatic heterocycles. The molecule has 0 radical (unpaired) electrons. The highest BCUT2D eigenvalue weighted by atomic mass is 35.5. The molecule has 0 aromatic carbocycles. The fraction of sp³-hybridized carbons (Fsp3) is 1.00. The topological polar surface area (TPSA) is 12.5 Å². The number of nitrogens with zero attached hydrogens (tertiary/aromatic N) is 1. The molecule has 3 atom stereocenters. The van der Waals surface area contributed by atoms with Gasteiger partial charge in [0.25, 0.3) is 0 Å². The summed E-state index contributed by atoms with van der Waals surface area (Å²) in [7, 11) is 0. The quantitative estimate of drug-likeness (QED) is 0.707. The monoisotopic (exact) mass is 245 g/mol. The molecule has 0 aliphatic carbocycles. The number of ether oxygens (including phenoxy) is 1. The standard InChI is InChI=1S/C13H24ClNO/c1-11-6-8-15(10-13(11)14)7-2-4-12-5-3-9-16-12/h11-13H,2-10H2,1H3. The SMILES string of the molecule is CC1CCN(CCCC2CCCO2)CC1Cl. The second kappa shape index (κ2) is 6.23. The van der Waals surface area contributed by atoms with E-state index >= 15 is 0 Å². The van der Waals surface area contributed by atoms with Gasteiger partial charge in [0, 0.05) is 18.5 Å². The van der Waals surface area contributed by atoms with Gasteiger partial charge in [0.05, 0.1) is 6.10 Å². The van der Waals surface area contributed by atoms with E-state index in [0.29, 0.717) is 17.4 Å². The molecule has 0 aromatic rings. The van der Waals surface area contributed by atoms with Crippen molar-refractivity contribution in [3.8, 4) is 0 Å². The molecule has 3 heteroatoms. The van der Waals surface area contributed by atoms with Crippen molar-refractivity contribution in [2.24, 2.45) is 5.92 Å². The van der Waals surface area contributed by atoms with Crippen LogP contribution in [0.25, 0.3) is 0 Å². The molecule has 3 unspecified atom stereocenters. The lowest BCUT2D eigenvalue weighted by Crippen LogP contribution is -2.40. The van der Waals surface area contributed by atoms with E-state index in [4.69, 9.17) is 16.3 Å². The normalized spacial score (nSPS) is 36.8. The van der Waals surface area contributed by atoms with E-state index in [1.54, 1.807) is 0 Å². The second-order valence-corrected chi connectivity index (χ2v) is 5.92. The summed E-state index contributed by atoms with van der Waals surface area (Å²) in [5.74, 6) is 0.691. The van der Waals surface area contributed by atoms with Crippen molar-refractivity contribution in [2.75, 3.05) is 26.2 Å². The molecule has 0 amide bonds. The molecule has 0 spiro atoms. The Labute approximate surface area is 104 Å². The van der Waals surface area contributed by atoms with Gasteiger partial charge in [-0.25, -0.2) is 0 Å². The molecule has 0 bridgehead atoms. The van der Waals surface area contributed by atoms with Crippen molar-refractivity contribution in [1.29, 1.82) is 0 Å². The van der Waals surface area contributed by atoms with Crippen LogP contribution in [0.4, 0.5) is 0 Å². The van der Waals surface area contributed by atoms with Crippen molar-refractivity contribution in [3.63, 3.8) is 0 Å². The summed E-state index contributed by atoms with van der Waals surface area (Å²) >= 11 is 6.30. The molecule has 2 saturated heterocycles. The molecule has 0 aromatic heterocycles. The van der Waals surface area contributed by atoms with E-state index in [1.807, 2.05) is 0 Å². The van der Waals surface area contributed by atoms with Gasteiger partial charge in [-0.3, -0.25) is 0 Å². The van der Waals surface area contributed by atoms with Crippen molar-refractivity contribution in [3.05, 3.63) is 0 Å². The molecule has 2 heterocycles. The Morgan fingerprint density at radius 1 is 1.38 bits per heavy atom. The lowest BCUT2D eigenvalue weighted by molar-refractivity contribution is 0.0965. The van der Waals surface area contributed by atoms with Crippen LogP contribution in [0.2, 0.25) is 0 Å². The van der Waals surface area contributed by atoms with E-state index in [1.165, 1.54) is 45.2 Å². The van der Waals surface area contributed by atoms with Gasteiger partial charge in [-0.2, -0.15) is 0 Å². The van der Waals surface area contributed by atoms with Crippen LogP contribution in [-0.4, -0.2) is 42.6 Å². The first kappa shape index (κ1) is 12.7. The van der Waals surface area contributed by atoms with Crippen molar-refractivity contribution in [2.45, 2.75) is 50.5 Å². The van der Waals surface area contributed by atoms with E-state index in [-0.39, 0.29) is 0 Å². The van der Waals surface area contributed by atoms with Crippen LogP contribution >= 0.6 is 11.6 Å². The summed E-state index contributed by atoms with van der Waals surface area (Å²) in [6.07, 6.45) is 6.84. The van der Waals surface area contributed by atoms with Gasteiger partial charge in [0.2, 0.25) is 0 Å². The van der Waals surface area contributed by atoms with Crippen LogP contribution in [-0.2, 0) is 4.74 Å². The van der Waals surface area contributed by atoms with Crippen molar-refractivity contribution >= 4 is 11.6 Å². The molecule has 0 N–H and O–H groups in total. The van der Waals surface area contributed by atoms with Crippen LogP contribution in [0, 0.1) is 5.92 Å². The number of piperidine rings is 1. The minimum Gasteiger partial charge on any atom is -0.378 e. The lowest BCUT2D eigenvalue weighted by atomic mass is 9.98. The second-order valence-electron chi connectivity index (χ2n) is 5.36. The number of rotatable bonds is 4. The van der Waals surface area contributed by atoms with E-state index < -0.39 is 0 Å². The van der Waals surface area contributed by atoms with Crippen LogP contribution in [0.1, 0.15) is 39.0 Å². The summed E-state index contributed by atoms with van der Waals surface area (Å²) in [5.41, 5.74) is 0. The maximum Gasteiger partial charge on any atom is 0.0576 e. The highest BCUT2D eigenvalue weighted by Crippen LogP contribution is 2.22. The van der Waals surface area contributed by atoms with Gasteiger partial charge in [0.1, 0.15) is 0 Å². The summed E-state index contributed by atoms with van der Waals surface area (Å²) < 4.78 is 5.64. The largest absolute Gasteiger partial charge is 0.378 e. The number of halogens is 1. The van der Waals surface area contributed by atoms with Gasteiger partial charge < -0.3 is 9.64 Å². The predicted octanol–water partition coefficient (Wildman–Crippen LogP) is 2.89. The fourth-order valence-corrected chi connectivity index (χ4v) is 3.02. The number of hydrogen-bond acceptors (Lipinski definition) is 2. The minimum absolute atomic E-state index is 0.358. The molecular formula is C13H24ClNO. The summed E-state index contributed by atoms with van der Waals surface area (Å²) in [5, 5.41) is 0.358. The summed E-state index contributed by atoms with van der Waals surface area (Å²) in [6.45, 7) is 6.76. The third-order valence-corrected chi connectivity index (χ3v) is 4.54. The van der Waals surface area contributed by atoms with E-state index in [2.05, 4.69) is 11.8 Å². The zero-order chi connectivity index (χ0) is 11.4. The number of hydrogen-bond donors (Lipinski definition) is 0. The maximum atomic E-state index is 6.30.